The zero-order valence-corrected chi connectivity index (χ0v) is 15.5. The summed E-state index contributed by atoms with van der Waals surface area (Å²) in [6.07, 6.45) is 0. The van der Waals surface area contributed by atoms with E-state index in [0.29, 0.717) is 22.9 Å². The molecule has 24 heavy (non-hydrogen) atoms. The Kier molecular flexibility index (Phi) is 5.18. The first-order valence-corrected chi connectivity index (χ1v) is 9.27. The first kappa shape index (κ1) is 17.0. The fraction of sp³-hybridized carbons (Fsp3) is 0.176. The number of halogens is 1. The van der Waals surface area contributed by atoms with Crippen molar-refractivity contribution in [1.82, 2.24) is 10.3 Å². The lowest BCUT2D eigenvalue weighted by Crippen LogP contribution is -2.22. The Morgan fingerprint density at radius 3 is 2.88 bits per heavy atom. The summed E-state index contributed by atoms with van der Waals surface area (Å²) in [5.41, 5.74) is 1.41. The van der Waals surface area contributed by atoms with Crippen molar-refractivity contribution >= 4 is 40.2 Å². The number of aromatic nitrogens is 1. The van der Waals surface area contributed by atoms with Gasteiger partial charge in [0.15, 0.2) is 0 Å². The second-order valence-electron chi connectivity index (χ2n) is 5.05. The van der Waals surface area contributed by atoms with E-state index < -0.39 is 0 Å². The van der Waals surface area contributed by atoms with Crippen LogP contribution in [0.15, 0.2) is 35.7 Å². The third-order valence-corrected chi connectivity index (χ3v) is 5.48. The average Bonchev–Trinajstić information content (AvgIpc) is 3.21. The highest BCUT2D eigenvalue weighted by Gasteiger charge is 2.13. The van der Waals surface area contributed by atoms with Crippen molar-refractivity contribution in [3.8, 4) is 16.3 Å². The van der Waals surface area contributed by atoms with Gasteiger partial charge >= 0.3 is 0 Å². The predicted octanol–water partition coefficient (Wildman–Crippen LogP) is 4.77. The van der Waals surface area contributed by atoms with E-state index in [1.54, 1.807) is 40.9 Å². The van der Waals surface area contributed by atoms with Crippen LogP contribution >= 0.6 is 34.3 Å². The van der Waals surface area contributed by atoms with E-state index in [2.05, 4.69) is 10.3 Å². The highest BCUT2D eigenvalue weighted by Crippen LogP contribution is 2.29. The summed E-state index contributed by atoms with van der Waals surface area (Å²) >= 11 is 9.22. The molecular weight excluding hydrogens is 364 g/mol. The normalized spacial score (nSPS) is 10.6. The Balaban J connectivity index is 1.69. The summed E-state index contributed by atoms with van der Waals surface area (Å²) in [6, 6.07) is 9.02. The Hall–Kier alpha value is -1.89. The molecule has 7 heteroatoms. The van der Waals surface area contributed by atoms with Crippen LogP contribution in [0.25, 0.3) is 10.6 Å². The Labute approximate surface area is 153 Å². The number of carbonyl (C=O) groups is 1. The Bertz CT molecular complexity index is 873. The largest absolute Gasteiger partial charge is 0.496 e. The summed E-state index contributed by atoms with van der Waals surface area (Å²) in [7, 11) is 1.53. The molecule has 0 aliphatic rings. The van der Waals surface area contributed by atoms with Crippen molar-refractivity contribution in [3.05, 3.63) is 56.2 Å². The fourth-order valence-corrected chi connectivity index (χ4v) is 3.98. The van der Waals surface area contributed by atoms with Crippen LogP contribution in [0.3, 0.4) is 0 Å². The summed E-state index contributed by atoms with van der Waals surface area (Å²) in [6.45, 7) is 2.43. The van der Waals surface area contributed by atoms with E-state index in [1.807, 2.05) is 24.4 Å². The lowest BCUT2D eigenvalue weighted by atomic mass is 10.2. The summed E-state index contributed by atoms with van der Waals surface area (Å²) in [5.74, 6) is 0.288. The molecule has 0 aliphatic carbocycles. The topological polar surface area (TPSA) is 51.2 Å². The number of ether oxygens (including phenoxy) is 1. The standard InChI is InChI=1S/C17H15ClN2O2S2/c1-10-20-14(9-23-10)16-6-4-12(24-16)8-19-17(21)13-7-11(18)3-5-15(13)22-2/h3-7,9H,8H2,1-2H3,(H,19,21). The summed E-state index contributed by atoms with van der Waals surface area (Å²) in [5, 5.41) is 6.49. The van der Waals surface area contributed by atoms with Gasteiger partial charge in [0.25, 0.3) is 5.91 Å². The quantitative estimate of drug-likeness (QED) is 0.695. The number of aryl methyl sites for hydroxylation is 1. The van der Waals surface area contributed by atoms with Gasteiger partial charge in [-0.3, -0.25) is 4.79 Å². The molecule has 1 N–H and O–H groups in total. The molecule has 0 saturated heterocycles. The molecule has 3 rings (SSSR count). The third-order valence-electron chi connectivity index (χ3n) is 3.36. The molecular formula is C17H15ClN2O2S2. The monoisotopic (exact) mass is 378 g/mol. The molecule has 0 unspecified atom stereocenters. The molecule has 2 heterocycles. The Morgan fingerprint density at radius 2 is 2.17 bits per heavy atom. The van der Waals surface area contributed by atoms with Gasteiger partial charge in [0.2, 0.25) is 0 Å². The second-order valence-corrected chi connectivity index (χ2v) is 7.71. The minimum absolute atomic E-state index is 0.214. The number of nitrogens with zero attached hydrogens (tertiary/aromatic N) is 1. The number of nitrogens with one attached hydrogen (secondary N) is 1. The molecule has 3 aromatic rings. The Morgan fingerprint density at radius 1 is 1.33 bits per heavy atom. The zero-order valence-electron chi connectivity index (χ0n) is 13.1. The van der Waals surface area contributed by atoms with Crippen molar-refractivity contribution in [3.63, 3.8) is 0 Å². The molecule has 1 aromatic carbocycles. The molecule has 0 aliphatic heterocycles. The molecule has 1 amide bonds. The number of hydrogen-bond donors (Lipinski definition) is 1. The van der Waals surface area contributed by atoms with Crippen molar-refractivity contribution in [1.29, 1.82) is 0 Å². The van der Waals surface area contributed by atoms with Gasteiger partial charge in [-0.2, -0.15) is 0 Å². The van der Waals surface area contributed by atoms with Gasteiger partial charge in [-0.25, -0.2) is 4.98 Å². The van der Waals surface area contributed by atoms with Crippen LogP contribution in [0.4, 0.5) is 0 Å². The number of thiophene rings is 1. The number of carbonyl (C=O) groups excluding carboxylic acids is 1. The fourth-order valence-electron chi connectivity index (χ4n) is 2.21. The molecule has 0 atom stereocenters. The molecule has 0 bridgehead atoms. The summed E-state index contributed by atoms with van der Waals surface area (Å²) < 4.78 is 5.21. The number of hydrogen-bond acceptors (Lipinski definition) is 5. The molecule has 0 fully saturated rings. The maximum absolute atomic E-state index is 12.4. The van der Waals surface area contributed by atoms with E-state index in [0.717, 1.165) is 20.5 Å². The van der Waals surface area contributed by atoms with Gasteiger partial charge in [-0.1, -0.05) is 11.6 Å². The van der Waals surface area contributed by atoms with Crippen molar-refractivity contribution < 1.29 is 9.53 Å². The zero-order chi connectivity index (χ0) is 17.1. The van der Waals surface area contributed by atoms with Crippen LogP contribution in [-0.4, -0.2) is 18.0 Å². The number of rotatable bonds is 5. The first-order chi connectivity index (χ1) is 11.6. The number of methoxy groups -OCH3 is 1. The second kappa shape index (κ2) is 7.34. The van der Waals surface area contributed by atoms with Crippen LogP contribution in [-0.2, 0) is 6.54 Å². The maximum Gasteiger partial charge on any atom is 0.255 e. The maximum atomic E-state index is 12.4. The van der Waals surface area contributed by atoms with Crippen LogP contribution in [0.2, 0.25) is 5.02 Å². The highest BCUT2D eigenvalue weighted by molar-refractivity contribution is 7.16. The van der Waals surface area contributed by atoms with E-state index in [1.165, 1.54) is 7.11 Å². The number of benzene rings is 1. The lowest BCUT2D eigenvalue weighted by Gasteiger charge is -2.09. The van der Waals surface area contributed by atoms with Crippen LogP contribution in [0, 0.1) is 6.92 Å². The van der Waals surface area contributed by atoms with Gasteiger partial charge in [-0.15, -0.1) is 22.7 Å². The highest BCUT2D eigenvalue weighted by atomic mass is 35.5. The van der Waals surface area contributed by atoms with Crippen molar-refractivity contribution in [2.45, 2.75) is 13.5 Å². The third kappa shape index (κ3) is 3.77. The summed E-state index contributed by atoms with van der Waals surface area (Å²) in [4.78, 5) is 19.0. The molecule has 4 nitrogen and oxygen atoms in total. The van der Waals surface area contributed by atoms with Crippen LogP contribution in [0.1, 0.15) is 20.2 Å². The van der Waals surface area contributed by atoms with Crippen LogP contribution < -0.4 is 10.1 Å². The van der Waals surface area contributed by atoms with Crippen LogP contribution in [0.5, 0.6) is 5.75 Å². The molecule has 124 valence electrons. The van der Waals surface area contributed by atoms with Crippen molar-refractivity contribution in [2.24, 2.45) is 0 Å². The van der Waals surface area contributed by atoms with Gasteiger partial charge in [0.05, 0.1) is 34.8 Å². The first-order valence-electron chi connectivity index (χ1n) is 7.20. The number of thiazole rings is 1. The lowest BCUT2D eigenvalue weighted by molar-refractivity contribution is 0.0948. The van der Waals surface area contributed by atoms with Gasteiger partial charge < -0.3 is 10.1 Å². The average molecular weight is 379 g/mol. The molecule has 0 spiro atoms. The van der Waals surface area contributed by atoms with E-state index in [-0.39, 0.29) is 5.91 Å². The van der Waals surface area contributed by atoms with Gasteiger partial charge in [-0.05, 0) is 37.3 Å². The minimum Gasteiger partial charge on any atom is -0.496 e. The van der Waals surface area contributed by atoms with Gasteiger partial charge in [0.1, 0.15) is 5.75 Å². The molecule has 0 saturated carbocycles. The van der Waals surface area contributed by atoms with Crippen molar-refractivity contribution in [2.75, 3.05) is 7.11 Å². The van der Waals surface area contributed by atoms with Gasteiger partial charge in [0, 0.05) is 15.3 Å². The van der Waals surface area contributed by atoms with E-state index in [4.69, 9.17) is 16.3 Å². The predicted molar refractivity (Wildman–Crippen MR) is 99.3 cm³/mol. The number of amides is 1. The molecule has 0 radical (unpaired) electrons. The van der Waals surface area contributed by atoms with E-state index >= 15 is 0 Å². The van der Waals surface area contributed by atoms with E-state index in [9.17, 15) is 4.79 Å². The molecule has 2 aromatic heterocycles. The SMILES string of the molecule is COc1ccc(Cl)cc1C(=O)NCc1ccc(-c2csc(C)n2)s1. The smallest absolute Gasteiger partial charge is 0.255 e. The minimum atomic E-state index is -0.214.